The van der Waals surface area contributed by atoms with Gasteiger partial charge in [-0.15, -0.1) is 0 Å². The molecule has 1 aliphatic heterocycles. The number of benzene rings is 3. The molecule has 3 aromatic rings. The highest BCUT2D eigenvalue weighted by molar-refractivity contribution is 7.92. The van der Waals surface area contributed by atoms with Crippen LogP contribution in [0.3, 0.4) is 0 Å². The van der Waals surface area contributed by atoms with Gasteiger partial charge in [0.1, 0.15) is 0 Å². The molecule has 0 bridgehead atoms. The first-order valence-electron chi connectivity index (χ1n) is 11.7. The number of methoxy groups -OCH3 is 1. The van der Waals surface area contributed by atoms with Gasteiger partial charge in [-0.1, -0.05) is 24.3 Å². The molecule has 0 radical (unpaired) electrons. The van der Waals surface area contributed by atoms with E-state index in [1.165, 1.54) is 7.11 Å². The number of hydrogen-bond donors (Lipinski definition) is 2. The highest BCUT2D eigenvalue weighted by Crippen LogP contribution is 2.51. The Balaban J connectivity index is 1.48. The van der Waals surface area contributed by atoms with Crippen molar-refractivity contribution in [3.05, 3.63) is 99.1 Å². The van der Waals surface area contributed by atoms with Crippen molar-refractivity contribution in [2.24, 2.45) is 5.92 Å². The molecule has 0 amide bonds. The fraction of sp³-hybridized carbons (Fsp3) is 0.259. The molecule has 9 heteroatoms. The molecule has 0 spiro atoms. The summed E-state index contributed by atoms with van der Waals surface area (Å²) in [6.45, 7) is 3.92. The van der Waals surface area contributed by atoms with E-state index >= 15 is 0 Å². The lowest BCUT2D eigenvalue weighted by Gasteiger charge is -2.37. The lowest BCUT2D eigenvalue weighted by molar-refractivity contribution is -0.385. The van der Waals surface area contributed by atoms with Crippen molar-refractivity contribution in [3.8, 4) is 5.75 Å². The number of aryl methyl sites for hydroxylation is 2. The number of nitro groups is 1. The summed E-state index contributed by atoms with van der Waals surface area (Å²) in [5.41, 5.74) is 5.05. The molecular weight excluding hydrogens is 478 g/mol. The van der Waals surface area contributed by atoms with Crippen molar-refractivity contribution < 1.29 is 18.1 Å². The first kappa shape index (κ1) is 23.9. The normalized spacial score (nSPS) is 20.2. The second-order valence-corrected chi connectivity index (χ2v) is 11.0. The second-order valence-electron chi connectivity index (χ2n) is 9.32. The molecule has 36 heavy (non-hydrogen) atoms. The standard InChI is InChI=1S/C27H27N3O5S/c1-16-7-9-19(13-17(16)2)29-36(33,34)20-10-11-24-23(15-20)21-5-4-6-22(21)27(28-24)18-8-12-26(35-3)25(14-18)30(31)32/h4-5,7-15,21-22,27-29H,6H2,1-3H3/t21-,22+,27+/m0/s1. The Morgan fingerprint density at radius 1 is 1.06 bits per heavy atom. The maximum Gasteiger partial charge on any atom is 0.311 e. The number of hydrogen-bond acceptors (Lipinski definition) is 6. The van der Waals surface area contributed by atoms with Crippen LogP contribution in [-0.2, 0) is 10.0 Å². The number of nitrogens with zero attached hydrogens (tertiary/aromatic N) is 1. The molecule has 1 heterocycles. The average Bonchev–Trinajstić information content (AvgIpc) is 3.35. The Kier molecular flexibility index (Phi) is 5.96. The summed E-state index contributed by atoms with van der Waals surface area (Å²) in [6, 6.07) is 15.4. The smallest absolute Gasteiger partial charge is 0.311 e. The summed E-state index contributed by atoms with van der Waals surface area (Å²) in [4.78, 5) is 11.3. The first-order chi connectivity index (χ1) is 17.2. The minimum absolute atomic E-state index is 0.0100. The highest BCUT2D eigenvalue weighted by atomic mass is 32.2. The Bertz CT molecular complexity index is 1500. The van der Waals surface area contributed by atoms with Gasteiger partial charge in [0.05, 0.1) is 23.0 Å². The van der Waals surface area contributed by atoms with E-state index in [9.17, 15) is 18.5 Å². The largest absolute Gasteiger partial charge is 0.490 e. The third-order valence-electron chi connectivity index (χ3n) is 7.16. The van der Waals surface area contributed by atoms with Crippen molar-refractivity contribution in [1.82, 2.24) is 0 Å². The Hall–Kier alpha value is -3.85. The number of nitrogens with one attached hydrogen (secondary N) is 2. The molecule has 2 N–H and O–H groups in total. The van der Waals surface area contributed by atoms with Crippen LogP contribution in [0.5, 0.6) is 5.75 Å². The van der Waals surface area contributed by atoms with Crippen LogP contribution in [0.25, 0.3) is 0 Å². The summed E-state index contributed by atoms with van der Waals surface area (Å²) in [7, 11) is -2.37. The van der Waals surface area contributed by atoms with E-state index < -0.39 is 14.9 Å². The molecule has 2 aliphatic rings. The van der Waals surface area contributed by atoms with Crippen LogP contribution in [0.1, 0.15) is 40.6 Å². The van der Waals surface area contributed by atoms with Gasteiger partial charge in [0.2, 0.25) is 0 Å². The van der Waals surface area contributed by atoms with Gasteiger partial charge in [-0.05, 0) is 84.8 Å². The van der Waals surface area contributed by atoms with Gasteiger partial charge in [0, 0.05) is 23.4 Å². The van der Waals surface area contributed by atoms with Crippen LogP contribution < -0.4 is 14.8 Å². The van der Waals surface area contributed by atoms with Gasteiger partial charge in [0.25, 0.3) is 10.0 Å². The molecule has 0 unspecified atom stereocenters. The third-order valence-corrected chi connectivity index (χ3v) is 8.54. The van der Waals surface area contributed by atoms with Gasteiger partial charge in [0.15, 0.2) is 5.75 Å². The van der Waals surface area contributed by atoms with Gasteiger partial charge in [-0.25, -0.2) is 8.42 Å². The van der Waals surface area contributed by atoms with Gasteiger partial charge < -0.3 is 10.1 Å². The van der Waals surface area contributed by atoms with E-state index in [4.69, 9.17) is 4.74 Å². The Morgan fingerprint density at radius 2 is 1.86 bits per heavy atom. The number of fused-ring (bicyclic) bond motifs is 3. The summed E-state index contributed by atoms with van der Waals surface area (Å²) in [5, 5.41) is 15.1. The predicted octanol–water partition coefficient (Wildman–Crippen LogP) is 5.85. The molecular formula is C27H27N3O5S. The molecule has 186 valence electrons. The number of ether oxygens (including phenoxy) is 1. The molecule has 0 saturated heterocycles. The topological polar surface area (TPSA) is 111 Å². The molecule has 5 rings (SSSR count). The van der Waals surface area contributed by atoms with E-state index in [-0.39, 0.29) is 34.2 Å². The summed E-state index contributed by atoms with van der Waals surface area (Å²) >= 11 is 0. The zero-order valence-corrected chi connectivity index (χ0v) is 21.0. The van der Waals surface area contributed by atoms with Gasteiger partial charge in [-0.3, -0.25) is 14.8 Å². The van der Waals surface area contributed by atoms with Crippen LogP contribution in [-0.4, -0.2) is 20.5 Å². The van der Waals surface area contributed by atoms with Crippen LogP contribution in [0.15, 0.2) is 71.6 Å². The van der Waals surface area contributed by atoms with E-state index in [0.717, 1.165) is 34.4 Å². The van der Waals surface area contributed by atoms with Crippen LogP contribution >= 0.6 is 0 Å². The molecule has 3 atom stereocenters. The van der Waals surface area contributed by atoms with Crippen molar-refractivity contribution in [2.75, 3.05) is 17.1 Å². The lowest BCUT2D eigenvalue weighted by Crippen LogP contribution is -2.29. The number of nitro benzene ring substituents is 1. The van der Waals surface area contributed by atoms with Crippen LogP contribution in [0, 0.1) is 29.9 Å². The van der Waals surface area contributed by atoms with Crippen molar-refractivity contribution in [3.63, 3.8) is 0 Å². The van der Waals surface area contributed by atoms with E-state index in [2.05, 4.69) is 22.2 Å². The number of rotatable bonds is 6. The Labute approximate surface area is 210 Å². The molecule has 0 saturated carbocycles. The lowest BCUT2D eigenvalue weighted by atomic mass is 9.77. The van der Waals surface area contributed by atoms with Crippen molar-refractivity contribution in [2.45, 2.75) is 37.1 Å². The second kappa shape index (κ2) is 8.98. The first-order valence-corrected chi connectivity index (χ1v) is 13.2. The maximum absolute atomic E-state index is 13.2. The van der Waals surface area contributed by atoms with E-state index in [1.807, 2.05) is 32.0 Å². The predicted molar refractivity (Wildman–Crippen MR) is 139 cm³/mol. The van der Waals surface area contributed by atoms with Crippen LogP contribution in [0.2, 0.25) is 0 Å². The van der Waals surface area contributed by atoms with Crippen molar-refractivity contribution >= 4 is 27.1 Å². The third kappa shape index (κ3) is 4.19. The van der Waals surface area contributed by atoms with Gasteiger partial charge in [-0.2, -0.15) is 0 Å². The number of allylic oxidation sites excluding steroid dienone is 2. The number of sulfonamides is 1. The fourth-order valence-electron chi connectivity index (χ4n) is 5.13. The van der Waals surface area contributed by atoms with Crippen LogP contribution in [0.4, 0.5) is 17.1 Å². The SMILES string of the molecule is COc1ccc([C@H]2Nc3ccc(S(=O)(=O)Nc4ccc(C)c(C)c4)cc3[C@H]3C=CC[C@H]32)cc1[N+](=O)[O-]. The average molecular weight is 506 g/mol. The molecule has 8 nitrogen and oxygen atoms in total. The van der Waals surface area contributed by atoms with Crippen molar-refractivity contribution in [1.29, 1.82) is 0 Å². The molecule has 0 aromatic heterocycles. The van der Waals surface area contributed by atoms with Gasteiger partial charge >= 0.3 is 5.69 Å². The zero-order valence-electron chi connectivity index (χ0n) is 20.2. The molecule has 0 fully saturated rings. The van der Waals surface area contributed by atoms with E-state index in [1.54, 1.807) is 36.4 Å². The Morgan fingerprint density at radius 3 is 2.58 bits per heavy atom. The number of anilines is 2. The molecule has 3 aromatic carbocycles. The minimum atomic E-state index is -3.78. The monoisotopic (exact) mass is 505 g/mol. The fourth-order valence-corrected chi connectivity index (χ4v) is 6.22. The summed E-state index contributed by atoms with van der Waals surface area (Å²) in [6.07, 6.45) is 4.97. The summed E-state index contributed by atoms with van der Waals surface area (Å²) < 4.78 is 34.2. The zero-order chi connectivity index (χ0) is 25.6. The minimum Gasteiger partial charge on any atom is -0.490 e. The van der Waals surface area contributed by atoms with E-state index in [0.29, 0.717) is 5.69 Å². The summed E-state index contributed by atoms with van der Waals surface area (Å²) in [5.74, 6) is 0.299. The maximum atomic E-state index is 13.2. The quantitative estimate of drug-likeness (QED) is 0.247. The highest BCUT2D eigenvalue weighted by Gasteiger charge is 2.39. The molecule has 1 aliphatic carbocycles.